The second-order valence-corrected chi connectivity index (χ2v) is 4.59. The molecule has 0 fully saturated rings. The van der Waals surface area contributed by atoms with Gasteiger partial charge in [-0.05, 0) is 23.9 Å². The Hall–Kier alpha value is -2.09. The summed E-state index contributed by atoms with van der Waals surface area (Å²) < 4.78 is 82.3. The van der Waals surface area contributed by atoms with Crippen LogP contribution in [0.4, 0.5) is 26.3 Å². The first-order chi connectivity index (χ1) is 9.98. The number of alkyl halides is 6. The van der Waals surface area contributed by atoms with Crippen LogP contribution >= 0.6 is 11.8 Å². The Morgan fingerprint density at radius 2 is 1.82 bits per heavy atom. The summed E-state index contributed by atoms with van der Waals surface area (Å²) in [6.45, 7) is 0. The fourth-order valence-electron chi connectivity index (χ4n) is 1.36. The predicted octanol–water partition coefficient (Wildman–Crippen LogP) is 3.86. The van der Waals surface area contributed by atoms with Crippen LogP contribution in [0.15, 0.2) is 17.0 Å². The summed E-state index contributed by atoms with van der Waals surface area (Å²) in [6.07, 6.45) is -5.36. The lowest BCUT2D eigenvalue weighted by Gasteiger charge is -2.17. The van der Waals surface area contributed by atoms with E-state index in [0.29, 0.717) is 6.07 Å². The van der Waals surface area contributed by atoms with Gasteiger partial charge in [-0.2, -0.15) is 18.4 Å². The molecule has 1 aromatic rings. The number of carbonyl (C=O) groups excluding carboxylic acids is 1. The molecule has 4 nitrogen and oxygen atoms in total. The van der Waals surface area contributed by atoms with E-state index in [2.05, 4.69) is 9.47 Å². The number of ether oxygens (including phenoxy) is 2. The number of methoxy groups -OCH3 is 1. The fraction of sp³-hybridized carbons (Fsp3) is 0.273. The van der Waals surface area contributed by atoms with Gasteiger partial charge in [0.05, 0.1) is 17.6 Å². The Kier molecular flexibility index (Phi) is 5.18. The normalized spacial score (nSPS) is 11.7. The van der Waals surface area contributed by atoms with Crippen molar-refractivity contribution in [3.63, 3.8) is 0 Å². The third kappa shape index (κ3) is 4.73. The lowest BCUT2D eigenvalue weighted by molar-refractivity contribution is -0.275. The van der Waals surface area contributed by atoms with Gasteiger partial charge in [0.25, 0.3) is 0 Å². The number of thioether (sulfide) groups is 1. The minimum atomic E-state index is -5.36. The highest BCUT2D eigenvalue weighted by Gasteiger charge is 2.39. The Morgan fingerprint density at radius 1 is 1.23 bits per heavy atom. The molecular weight excluding hydrogens is 340 g/mol. The average molecular weight is 345 g/mol. The summed E-state index contributed by atoms with van der Waals surface area (Å²) in [5.41, 5.74) is -6.61. The predicted molar refractivity (Wildman–Crippen MR) is 61.1 cm³/mol. The zero-order valence-electron chi connectivity index (χ0n) is 10.5. The summed E-state index contributed by atoms with van der Waals surface area (Å²) >= 11 is -0.994. The third-order valence-electron chi connectivity index (χ3n) is 2.07. The van der Waals surface area contributed by atoms with Gasteiger partial charge in [-0.1, -0.05) is 0 Å². The van der Waals surface area contributed by atoms with Crippen LogP contribution < -0.4 is 4.74 Å². The van der Waals surface area contributed by atoms with E-state index in [9.17, 15) is 31.1 Å². The lowest BCUT2D eigenvalue weighted by Crippen LogP contribution is -2.20. The zero-order chi connectivity index (χ0) is 17.1. The Labute approximate surface area is 123 Å². The molecule has 0 bridgehead atoms. The maximum absolute atomic E-state index is 12.5. The van der Waals surface area contributed by atoms with Gasteiger partial charge in [-0.3, -0.25) is 0 Å². The molecule has 11 heteroatoms. The van der Waals surface area contributed by atoms with Gasteiger partial charge in [-0.25, -0.2) is 4.79 Å². The quantitative estimate of drug-likeness (QED) is 0.473. The van der Waals surface area contributed by atoms with Gasteiger partial charge < -0.3 is 9.47 Å². The van der Waals surface area contributed by atoms with Crippen LogP contribution in [0.2, 0.25) is 0 Å². The maximum atomic E-state index is 12.5. The summed E-state index contributed by atoms with van der Waals surface area (Å²) in [6, 6.07) is 2.79. The highest BCUT2D eigenvalue weighted by molar-refractivity contribution is 8.00. The fourth-order valence-corrected chi connectivity index (χ4v) is 2.05. The molecule has 0 atom stereocenters. The van der Waals surface area contributed by atoms with E-state index < -0.39 is 51.4 Å². The summed E-state index contributed by atoms with van der Waals surface area (Å²) in [5, 5.41) is 8.74. The number of hydrogen-bond acceptors (Lipinski definition) is 5. The summed E-state index contributed by atoms with van der Waals surface area (Å²) in [5.74, 6) is -2.77. The number of rotatable bonds is 3. The second-order valence-electron chi connectivity index (χ2n) is 3.52. The molecule has 0 saturated heterocycles. The van der Waals surface area contributed by atoms with E-state index >= 15 is 0 Å². The average Bonchev–Trinajstić information content (AvgIpc) is 2.36. The lowest BCUT2D eigenvalue weighted by atomic mass is 10.1. The number of esters is 1. The maximum Gasteiger partial charge on any atom is 0.573 e. The van der Waals surface area contributed by atoms with Crippen LogP contribution in [0.3, 0.4) is 0 Å². The van der Waals surface area contributed by atoms with Crippen LogP contribution in [-0.2, 0) is 4.74 Å². The van der Waals surface area contributed by atoms with E-state index in [0.717, 1.165) is 13.2 Å². The molecule has 1 rings (SSSR count). The molecule has 0 aliphatic carbocycles. The number of hydrogen-bond donors (Lipinski definition) is 0. The SMILES string of the molecule is COC(=O)c1ccc(C#N)c(SC(F)(F)F)c1OC(F)(F)F. The number of nitrogens with zero attached hydrogens (tertiary/aromatic N) is 1. The van der Waals surface area contributed by atoms with Gasteiger partial charge in [0.1, 0.15) is 11.6 Å². The minimum Gasteiger partial charge on any atom is -0.465 e. The molecule has 0 aromatic heterocycles. The van der Waals surface area contributed by atoms with Gasteiger partial charge >= 0.3 is 17.8 Å². The summed E-state index contributed by atoms with van der Waals surface area (Å²) in [4.78, 5) is 10.2. The molecule has 0 unspecified atom stereocenters. The molecule has 0 radical (unpaired) electrons. The van der Waals surface area contributed by atoms with Crippen molar-refractivity contribution < 1.29 is 40.6 Å². The number of nitriles is 1. The van der Waals surface area contributed by atoms with Crippen molar-refractivity contribution in [2.75, 3.05) is 7.11 Å². The van der Waals surface area contributed by atoms with Gasteiger partial charge in [0.2, 0.25) is 0 Å². The first-order valence-electron chi connectivity index (χ1n) is 5.15. The van der Waals surface area contributed by atoms with Crippen molar-refractivity contribution in [1.82, 2.24) is 0 Å². The monoisotopic (exact) mass is 345 g/mol. The van der Waals surface area contributed by atoms with Crippen LogP contribution in [0, 0.1) is 11.3 Å². The molecule has 0 spiro atoms. The van der Waals surface area contributed by atoms with Gasteiger partial charge in [-0.15, -0.1) is 13.2 Å². The molecule has 0 saturated carbocycles. The summed E-state index contributed by atoms with van der Waals surface area (Å²) in [7, 11) is 0.828. The minimum absolute atomic E-state index is 0.714. The van der Waals surface area contributed by atoms with Crippen molar-refractivity contribution in [1.29, 1.82) is 5.26 Å². The topological polar surface area (TPSA) is 59.3 Å². The molecular formula is C11H5F6NO3S. The highest BCUT2D eigenvalue weighted by atomic mass is 32.2. The third-order valence-corrected chi connectivity index (χ3v) is 2.91. The van der Waals surface area contributed by atoms with Crippen molar-refractivity contribution in [2.45, 2.75) is 16.8 Å². The van der Waals surface area contributed by atoms with Crippen molar-refractivity contribution >= 4 is 17.7 Å². The molecule has 0 heterocycles. The van der Waals surface area contributed by atoms with E-state index in [-0.39, 0.29) is 0 Å². The standard InChI is InChI=1S/C11H5F6NO3S/c1-20-9(19)6-3-2-5(4-18)8(22-11(15,16)17)7(6)21-10(12,13)14/h2-3H,1H3. The Bertz CT molecular complexity index is 620. The molecule has 0 amide bonds. The van der Waals surface area contributed by atoms with Crippen molar-refractivity contribution in [3.8, 4) is 11.8 Å². The zero-order valence-corrected chi connectivity index (χ0v) is 11.3. The van der Waals surface area contributed by atoms with Crippen LogP contribution in [0.5, 0.6) is 5.75 Å². The molecule has 120 valence electrons. The molecule has 22 heavy (non-hydrogen) atoms. The molecule has 1 aromatic carbocycles. The number of carbonyl (C=O) groups is 1. The van der Waals surface area contributed by atoms with Crippen molar-refractivity contribution in [3.05, 3.63) is 23.3 Å². The molecule has 0 aliphatic heterocycles. The van der Waals surface area contributed by atoms with Gasteiger partial charge in [0, 0.05) is 0 Å². The highest BCUT2D eigenvalue weighted by Crippen LogP contribution is 2.46. The Morgan fingerprint density at radius 3 is 2.23 bits per heavy atom. The van der Waals surface area contributed by atoms with Crippen molar-refractivity contribution in [2.24, 2.45) is 0 Å². The van der Waals surface area contributed by atoms with Crippen LogP contribution in [0.25, 0.3) is 0 Å². The molecule has 0 N–H and O–H groups in total. The number of benzene rings is 1. The van der Waals surface area contributed by atoms with E-state index in [1.807, 2.05) is 0 Å². The van der Waals surface area contributed by atoms with Crippen LogP contribution in [0.1, 0.15) is 15.9 Å². The van der Waals surface area contributed by atoms with Crippen LogP contribution in [-0.4, -0.2) is 24.9 Å². The van der Waals surface area contributed by atoms with E-state index in [4.69, 9.17) is 5.26 Å². The van der Waals surface area contributed by atoms with E-state index in [1.54, 1.807) is 0 Å². The largest absolute Gasteiger partial charge is 0.573 e. The molecule has 0 aliphatic rings. The first-order valence-corrected chi connectivity index (χ1v) is 5.97. The first kappa shape index (κ1) is 18.0. The Balaban J connectivity index is 3.60. The van der Waals surface area contributed by atoms with Gasteiger partial charge in [0.15, 0.2) is 5.75 Å². The van der Waals surface area contributed by atoms with E-state index in [1.165, 1.54) is 6.07 Å². The second kappa shape index (κ2) is 6.35. The number of halogens is 6. The smallest absolute Gasteiger partial charge is 0.465 e.